The van der Waals surface area contributed by atoms with E-state index in [0.29, 0.717) is 15.8 Å². The van der Waals surface area contributed by atoms with Gasteiger partial charge >= 0.3 is 0 Å². The van der Waals surface area contributed by atoms with Crippen molar-refractivity contribution in [2.45, 2.75) is 13.8 Å². The number of hydrogen-bond donors (Lipinski definition) is 2. The number of anilines is 2. The summed E-state index contributed by atoms with van der Waals surface area (Å²) in [6.45, 7) is 3.19. The van der Waals surface area contributed by atoms with Crippen LogP contribution in [0.5, 0.6) is 0 Å². The van der Waals surface area contributed by atoms with Crippen LogP contribution < -0.4 is 10.6 Å². The average molecular weight is 365 g/mol. The van der Waals surface area contributed by atoms with Gasteiger partial charge < -0.3 is 10.6 Å². The van der Waals surface area contributed by atoms with E-state index in [-0.39, 0.29) is 11.5 Å². The molecule has 22 heavy (non-hydrogen) atoms. The lowest BCUT2D eigenvalue weighted by Crippen LogP contribution is -2.15. The molecular weight excluding hydrogens is 351 g/mol. The van der Waals surface area contributed by atoms with E-state index in [4.69, 9.17) is 0 Å². The molecule has 2 amide bonds. The molecule has 0 aromatic heterocycles. The Kier molecular flexibility index (Phi) is 4.92. The first kappa shape index (κ1) is 16.2. The largest absolute Gasteiger partial charge is 0.326 e. The lowest BCUT2D eigenvalue weighted by atomic mass is 10.1. The Morgan fingerprint density at radius 2 is 1.73 bits per heavy atom. The van der Waals surface area contributed by atoms with E-state index in [2.05, 4.69) is 26.6 Å². The Hall–Kier alpha value is -2.21. The number of nitrogens with one attached hydrogen (secondary N) is 2. The molecule has 0 saturated heterocycles. The van der Waals surface area contributed by atoms with Crippen LogP contribution >= 0.6 is 15.9 Å². The predicted octanol–water partition coefficient (Wildman–Crippen LogP) is 4.11. The molecule has 0 aliphatic carbocycles. The fourth-order valence-corrected chi connectivity index (χ4v) is 2.38. The number of carbonyl (C=O) groups is 2. The summed E-state index contributed by atoms with van der Waals surface area (Å²) >= 11 is 3.23. The lowest BCUT2D eigenvalue weighted by Gasteiger charge is -2.13. The third kappa shape index (κ3) is 3.71. The summed E-state index contributed by atoms with van der Waals surface area (Å²) in [5.41, 5.74) is 2.08. The van der Waals surface area contributed by atoms with Gasteiger partial charge in [0, 0.05) is 22.8 Å². The fraction of sp³-hybridized carbons (Fsp3) is 0.125. The second kappa shape index (κ2) is 6.70. The van der Waals surface area contributed by atoms with E-state index in [9.17, 15) is 14.0 Å². The first-order valence-corrected chi connectivity index (χ1v) is 7.31. The van der Waals surface area contributed by atoms with Crippen LogP contribution in [0.25, 0.3) is 0 Å². The monoisotopic (exact) mass is 364 g/mol. The van der Waals surface area contributed by atoms with Crippen LogP contribution in [0.3, 0.4) is 0 Å². The third-order valence-corrected chi connectivity index (χ3v) is 3.76. The van der Waals surface area contributed by atoms with E-state index in [1.54, 1.807) is 25.1 Å². The molecule has 0 unspecified atom stereocenters. The zero-order chi connectivity index (χ0) is 16.3. The first-order chi connectivity index (χ1) is 10.4. The van der Waals surface area contributed by atoms with Gasteiger partial charge in [0.1, 0.15) is 5.82 Å². The smallest absolute Gasteiger partial charge is 0.256 e. The van der Waals surface area contributed by atoms with E-state index in [1.807, 2.05) is 0 Å². The normalized spacial score (nSPS) is 10.2. The van der Waals surface area contributed by atoms with Gasteiger partial charge in [0.15, 0.2) is 0 Å². The van der Waals surface area contributed by atoms with Crippen molar-refractivity contribution in [2.75, 3.05) is 10.6 Å². The van der Waals surface area contributed by atoms with E-state index in [0.717, 1.165) is 11.6 Å². The number of halogens is 2. The van der Waals surface area contributed by atoms with E-state index >= 15 is 0 Å². The van der Waals surface area contributed by atoms with Crippen LogP contribution in [0.1, 0.15) is 22.8 Å². The van der Waals surface area contributed by atoms with Crippen molar-refractivity contribution in [1.82, 2.24) is 0 Å². The molecule has 0 fully saturated rings. The van der Waals surface area contributed by atoms with Crippen molar-refractivity contribution < 1.29 is 14.0 Å². The topological polar surface area (TPSA) is 58.2 Å². The molecule has 0 bridgehead atoms. The van der Waals surface area contributed by atoms with Crippen molar-refractivity contribution in [3.8, 4) is 0 Å². The van der Waals surface area contributed by atoms with Crippen molar-refractivity contribution >= 4 is 39.1 Å². The highest BCUT2D eigenvalue weighted by Crippen LogP contribution is 2.25. The molecule has 0 heterocycles. The Balaban J connectivity index is 2.29. The number of amides is 2. The lowest BCUT2D eigenvalue weighted by molar-refractivity contribution is -0.114. The Morgan fingerprint density at radius 3 is 2.36 bits per heavy atom. The molecule has 0 saturated carbocycles. The van der Waals surface area contributed by atoms with Gasteiger partial charge in [-0.3, -0.25) is 9.59 Å². The highest BCUT2D eigenvalue weighted by Gasteiger charge is 2.13. The second-order valence-electron chi connectivity index (χ2n) is 4.74. The molecule has 2 N–H and O–H groups in total. The molecule has 2 aromatic carbocycles. The van der Waals surface area contributed by atoms with Crippen molar-refractivity contribution in [3.05, 3.63) is 57.8 Å². The molecular formula is C16H14BrFN2O2. The molecule has 0 aliphatic heterocycles. The van der Waals surface area contributed by atoms with Gasteiger partial charge in [-0.1, -0.05) is 6.07 Å². The third-order valence-electron chi connectivity index (χ3n) is 3.07. The zero-order valence-corrected chi connectivity index (χ0v) is 13.6. The summed E-state index contributed by atoms with van der Waals surface area (Å²) in [7, 11) is 0. The number of rotatable bonds is 3. The zero-order valence-electron chi connectivity index (χ0n) is 12.0. The maximum absolute atomic E-state index is 13.3. The summed E-state index contributed by atoms with van der Waals surface area (Å²) in [6, 6.07) is 9.07. The van der Waals surface area contributed by atoms with Crippen LogP contribution in [0, 0.1) is 12.7 Å². The number of benzene rings is 2. The summed E-state index contributed by atoms with van der Waals surface area (Å²) < 4.78 is 13.8. The summed E-state index contributed by atoms with van der Waals surface area (Å²) in [5, 5.41) is 5.41. The average Bonchev–Trinajstić information content (AvgIpc) is 2.45. The second-order valence-corrected chi connectivity index (χ2v) is 5.59. The van der Waals surface area contributed by atoms with Crippen LogP contribution in [0.4, 0.5) is 15.8 Å². The predicted molar refractivity (Wildman–Crippen MR) is 87.5 cm³/mol. The SMILES string of the molecule is CC(=O)Nc1cccc(NC(=O)c2cc(F)ccc2Br)c1C. The van der Waals surface area contributed by atoms with Crippen LogP contribution in [0.15, 0.2) is 40.9 Å². The molecule has 0 radical (unpaired) electrons. The van der Waals surface area contributed by atoms with E-state index < -0.39 is 11.7 Å². The molecule has 2 rings (SSSR count). The van der Waals surface area contributed by atoms with Gasteiger partial charge in [0.05, 0.1) is 5.56 Å². The molecule has 0 aliphatic rings. The molecule has 114 valence electrons. The maximum atomic E-state index is 13.3. The molecule has 6 heteroatoms. The molecule has 0 spiro atoms. The van der Waals surface area contributed by atoms with Crippen LogP contribution in [-0.4, -0.2) is 11.8 Å². The number of carbonyl (C=O) groups excluding carboxylic acids is 2. The summed E-state index contributed by atoms with van der Waals surface area (Å²) in [5.74, 6) is -1.12. The van der Waals surface area contributed by atoms with Crippen molar-refractivity contribution in [2.24, 2.45) is 0 Å². The standard InChI is InChI=1S/C16H14BrFN2O2/c1-9-14(19-10(2)21)4-3-5-15(9)20-16(22)12-8-11(18)6-7-13(12)17/h3-8H,1-2H3,(H,19,21)(H,20,22). The van der Waals surface area contributed by atoms with Crippen molar-refractivity contribution in [3.63, 3.8) is 0 Å². The molecule has 4 nitrogen and oxygen atoms in total. The van der Waals surface area contributed by atoms with Crippen LogP contribution in [-0.2, 0) is 4.79 Å². The minimum atomic E-state index is -0.489. The van der Waals surface area contributed by atoms with Gasteiger partial charge in [0.25, 0.3) is 5.91 Å². The molecule has 2 aromatic rings. The highest BCUT2D eigenvalue weighted by atomic mass is 79.9. The van der Waals surface area contributed by atoms with Crippen molar-refractivity contribution in [1.29, 1.82) is 0 Å². The first-order valence-electron chi connectivity index (χ1n) is 6.52. The van der Waals surface area contributed by atoms with Crippen LogP contribution in [0.2, 0.25) is 0 Å². The Morgan fingerprint density at radius 1 is 1.09 bits per heavy atom. The minimum absolute atomic E-state index is 0.195. The highest BCUT2D eigenvalue weighted by molar-refractivity contribution is 9.10. The van der Waals surface area contributed by atoms with Gasteiger partial charge in [-0.2, -0.15) is 0 Å². The minimum Gasteiger partial charge on any atom is -0.326 e. The quantitative estimate of drug-likeness (QED) is 0.860. The van der Waals surface area contributed by atoms with Gasteiger partial charge in [0.2, 0.25) is 5.91 Å². The summed E-state index contributed by atoms with van der Waals surface area (Å²) in [4.78, 5) is 23.4. The fourth-order valence-electron chi connectivity index (χ4n) is 1.96. The Bertz CT molecular complexity index is 747. The van der Waals surface area contributed by atoms with Gasteiger partial charge in [-0.15, -0.1) is 0 Å². The summed E-state index contributed by atoms with van der Waals surface area (Å²) in [6.07, 6.45) is 0. The van der Waals surface area contributed by atoms with E-state index in [1.165, 1.54) is 19.1 Å². The van der Waals surface area contributed by atoms with Gasteiger partial charge in [-0.05, 0) is 58.7 Å². The maximum Gasteiger partial charge on any atom is 0.256 e. The molecule has 0 atom stereocenters. The number of hydrogen-bond acceptors (Lipinski definition) is 2. The Labute approximate surface area is 135 Å². The van der Waals surface area contributed by atoms with Gasteiger partial charge in [-0.25, -0.2) is 4.39 Å².